The molecule has 0 bridgehead atoms. The molecular weight excluding hydrogens is 215 g/mol. The third kappa shape index (κ3) is 2.31. The van der Waals surface area contributed by atoms with Gasteiger partial charge in [-0.2, -0.15) is 9.06 Å². The van der Waals surface area contributed by atoms with Crippen LogP contribution in [0.15, 0.2) is 23.1 Å². The fourth-order valence-electron chi connectivity index (χ4n) is 0.880. The second-order valence-corrected chi connectivity index (χ2v) is 8.98. The molecule has 0 heterocycles. The maximum absolute atomic E-state index is 12.6. The highest BCUT2D eigenvalue weighted by molar-refractivity contribution is 8.87. The van der Waals surface area contributed by atoms with Crippen molar-refractivity contribution in [3.8, 4) is 0 Å². The third-order valence-electron chi connectivity index (χ3n) is 1.43. The van der Waals surface area contributed by atoms with Gasteiger partial charge >= 0.3 is 0 Å². The lowest BCUT2D eigenvalue weighted by Gasteiger charge is -2.25. The molecule has 0 spiro atoms. The fourth-order valence-corrected chi connectivity index (χ4v) is 3.20. The van der Waals surface area contributed by atoms with Gasteiger partial charge in [-0.3, -0.25) is 0 Å². The van der Waals surface area contributed by atoms with Crippen molar-refractivity contribution in [2.45, 2.75) is 4.90 Å². The van der Waals surface area contributed by atoms with Gasteiger partial charge in [0.1, 0.15) is 5.82 Å². The van der Waals surface area contributed by atoms with Crippen molar-refractivity contribution >= 4 is 32.3 Å². The summed E-state index contributed by atoms with van der Waals surface area (Å²) >= 11 is 10.3. The first-order chi connectivity index (χ1) is 5.41. The standard InChI is InChI=1S/C8H10ClFS2/c1-12(2,11)8-4-3-6(10)5-7(8)9/h3-5,11H,1-2H3. The summed E-state index contributed by atoms with van der Waals surface area (Å²) in [6.45, 7) is 0. The van der Waals surface area contributed by atoms with Crippen molar-refractivity contribution in [3.63, 3.8) is 0 Å². The number of rotatable bonds is 1. The minimum absolute atomic E-state index is 0.305. The Morgan fingerprint density at radius 2 is 2.00 bits per heavy atom. The topological polar surface area (TPSA) is 0 Å². The van der Waals surface area contributed by atoms with Crippen LogP contribution >= 0.6 is 32.3 Å². The average Bonchev–Trinajstić information content (AvgIpc) is 1.83. The highest BCUT2D eigenvalue weighted by Crippen LogP contribution is 2.55. The van der Waals surface area contributed by atoms with Crippen molar-refractivity contribution < 1.29 is 4.39 Å². The second-order valence-electron chi connectivity index (χ2n) is 2.85. The molecule has 0 N–H and O–H groups in total. The summed E-state index contributed by atoms with van der Waals surface area (Å²) < 4.78 is 12.6. The van der Waals surface area contributed by atoms with Gasteiger partial charge in [-0.25, -0.2) is 4.39 Å². The Balaban J connectivity index is 3.19. The molecule has 0 atom stereocenters. The molecule has 0 amide bonds. The van der Waals surface area contributed by atoms with Crippen LogP contribution < -0.4 is 0 Å². The first-order valence-electron chi connectivity index (χ1n) is 3.32. The van der Waals surface area contributed by atoms with Crippen LogP contribution in [-0.2, 0) is 0 Å². The summed E-state index contributed by atoms with van der Waals surface area (Å²) in [5.74, 6) is -0.305. The number of hydrogen-bond donors (Lipinski definition) is 1. The maximum atomic E-state index is 12.6. The second kappa shape index (κ2) is 3.48. The van der Waals surface area contributed by atoms with E-state index in [0.29, 0.717) is 5.02 Å². The zero-order chi connectivity index (χ0) is 9.35. The Hall–Kier alpha value is 0.140. The molecule has 0 saturated heterocycles. The zero-order valence-electron chi connectivity index (χ0n) is 6.84. The van der Waals surface area contributed by atoms with Crippen LogP contribution in [-0.4, -0.2) is 12.5 Å². The Labute approximate surface area is 83.2 Å². The Morgan fingerprint density at radius 3 is 2.42 bits per heavy atom. The minimum atomic E-state index is -1.15. The number of benzene rings is 1. The molecule has 68 valence electrons. The molecule has 0 aliphatic rings. The van der Waals surface area contributed by atoms with E-state index in [4.69, 9.17) is 11.6 Å². The van der Waals surface area contributed by atoms with Crippen LogP contribution in [0.25, 0.3) is 0 Å². The average molecular weight is 225 g/mol. The van der Waals surface area contributed by atoms with Crippen LogP contribution in [0, 0.1) is 5.82 Å². The van der Waals surface area contributed by atoms with E-state index in [-0.39, 0.29) is 5.82 Å². The first-order valence-corrected chi connectivity index (χ1v) is 7.20. The Bertz CT molecular complexity index is 294. The van der Waals surface area contributed by atoms with Crippen molar-refractivity contribution in [3.05, 3.63) is 29.0 Å². The molecule has 0 fully saturated rings. The van der Waals surface area contributed by atoms with Gasteiger partial charge in [-0.15, -0.1) is 11.7 Å². The Kier molecular flexibility index (Phi) is 2.97. The van der Waals surface area contributed by atoms with E-state index in [1.807, 2.05) is 12.5 Å². The SMILES string of the molecule is CS(C)(S)c1ccc(F)cc1Cl. The van der Waals surface area contributed by atoms with Gasteiger partial charge in [0, 0.05) is 4.90 Å². The number of thiol groups is 1. The predicted molar refractivity (Wildman–Crippen MR) is 58.1 cm³/mol. The van der Waals surface area contributed by atoms with Gasteiger partial charge in [0.25, 0.3) is 0 Å². The van der Waals surface area contributed by atoms with Gasteiger partial charge in [0.05, 0.1) is 5.02 Å². The lowest BCUT2D eigenvalue weighted by Crippen LogP contribution is -1.89. The molecule has 0 saturated carbocycles. The van der Waals surface area contributed by atoms with Crippen LogP contribution in [0.3, 0.4) is 0 Å². The molecule has 0 nitrogen and oxygen atoms in total. The van der Waals surface area contributed by atoms with Gasteiger partial charge in [0.2, 0.25) is 0 Å². The molecule has 1 aromatic rings. The van der Waals surface area contributed by atoms with Gasteiger partial charge in [0.15, 0.2) is 0 Å². The minimum Gasteiger partial charge on any atom is -0.207 e. The number of halogens is 2. The third-order valence-corrected chi connectivity index (χ3v) is 3.88. The Morgan fingerprint density at radius 1 is 1.42 bits per heavy atom. The monoisotopic (exact) mass is 224 g/mol. The van der Waals surface area contributed by atoms with E-state index in [1.54, 1.807) is 6.07 Å². The van der Waals surface area contributed by atoms with Gasteiger partial charge in [-0.1, -0.05) is 11.6 Å². The van der Waals surface area contributed by atoms with E-state index in [2.05, 4.69) is 11.7 Å². The predicted octanol–water partition coefficient (Wildman–Crippen LogP) is 3.75. The van der Waals surface area contributed by atoms with Crippen molar-refractivity contribution in [1.29, 1.82) is 0 Å². The summed E-state index contributed by atoms with van der Waals surface area (Å²) in [6, 6.07) is 4.42. The highest BCUT2D eigenvalue weighted by atomic mass is 35.5. The summed E-state index contributed by atoms with van der Waals surface area (Å²) in [7, 11) is -1.15. The lowest BCUT2D eigenvalue weighted by molar-refractivity contribution is 0.626. The quantitative estimate of drug-likeness (QED) is 0.545. The summed E-state index contributed by atoms with van der Waals surface area (Å²) in [6.07, 6.45) is 3.99. The molecule has 0 aliphatic carbocycles. The van der Waals surface area contributed by atoms with Gasteiger partial charge < -0.3 is 0 Å². The van der Waals surface area contributed by atoms with Crippen LogP contribution in [0.5, 0.6) is 0 Å². The molecule has 4 heteroatoms. The van der Waals surface area contributed by atoms with E-state index in [0.717, 1.165) is 4.90 Å². The lowest BCUT2D eigenvalue weighted by atomic mass is 10.3. The summed E-state index contributed by atoms with van der Waals surface area (Å²) in [5, 5.41) is 0.463. The van der Waals surface area contributed by atoms with Crippen LogP contribution in [0.1, 0.15) is 0 Å². The van der Waals surface area contributed by atoms with E-state index >= 15 is 0 Å². The van der Waals surface area contributed by atoms with Crippen LogP contribution in [0.4, 0.5) is 4.39 Å². The molecule has 0 radical (unpaired) electrons. The van der Waals surface area contributed by atoms with E-state index in [1.165, 1.54) is 12.1 Å². The molecule has 12 heavy (non-hydrogen) atoms. The van der Waals surface area contributed by atoms with Crippen molar-refractivity contribution in [2.75, 3.05) is 12.5 Å². The fraction of sp³-hybridized carbons (Fsp3) is 0.250. The van der Waals surface area contributed by atoms with E-state index < -0.39 is 9.06 Å². The smallest absolute Gasteiger partial charge is 0.124 e. The molecule has 0 unspecified atom stereocenters. The molecule has 0 aromatic heterocycles. The molecule has 1 rings (SSSR count). The largest absolute Gasteiger partial charge is 0.207 e. The normalized spacial score (nSPS) is 13.1. The van der Waals surface area contributed by atoms with Crippen LogP contribution in [0.2, 0.25) is 5.02 Å². The molecule has 0 aliphatic heterocycles. The zero-order valence-corrected chi connectivity index (χ0v) is 9.31. The molecular formula is C8H10ClFS2. The van der Waals surface area contributed by atoms with E-state index in [9.17, 15) is 4.39 Å². The highest BCUT2D eigenvalue weighted by Gasteiger charge is 2.13. The number of hydrogen-bond acceptors (Lipinski definition) is 1. The first kappa shape index (κ1) is 10.2. The maximum Gasteiger partial charge on any atom is 0.124 e. The summed E-state index contributed by atoms with van der Waals surface area (Å²) in [4.78, 5) is 0.925. The van der Waals surface area contributed by atoms with Crippen molar-refractivity contribution in [2.24, 2.45) is 0 Å². The summed E-state index contributed by atoms with van der Waals surface area (Å²) in [5.41, 5.74) is 0. The molecule has 1 aromatic carbocycles. The van der Waals surface area contributed by atoms with Crippen molar-refractivity contribution in [1.82, 2.24) is 0 Å². The van der Waals surface area contributed by atoms with Gasteiger partial charge in [-0.05, 0) is 30.7 Å².